The summed E-state index contributed by atoms with van der Waals surface area (Å²) in [6.45, 7) is 2.45. The molecular weight excluding hydrogens is 126 g/mol. The molecule has 2 atom stereocenters. The van der Waals surface area contributed by atoms with E-state index in [1.165, 1.54) is 32.4 Å². The van der Waals surface area contributed by atoms with Crippen LogP contribution in [0.4, 0.5) is 0 Å². The fraction of sp³-hybridized carbons (Fsp3) is 1.00. The Hall–Kier alpha value is -0.0800. The highest BCUT2D eigenvalue weighted by molar-refractivity contribution is 4.88. The van der Waals surface area contributed by atoms with Gasteiger partial charge in [0.15, 0.2) is 0 Å². The van der Waals surface area contributed by atoms with Crippen molar-refractivity contribution in [2.45, 2.75) is 37.8 Å². The zero-order valence-corrected chi connectivity index (χ0v) is 6.29. The molecule has 2 fully saturated rings. The summed E-state index contributed by atoms with van der Waals surface area (Å²) < 4.78 is 0. The van der Waals surface area contributed by atoms with Crippen LogP contribution in [0.2, 0.25) is 0 Å². The monoisotopic (exact) mass is 141 g/mol. The Morgan fingerprint density at radius 3 is 2.30 bits per heavy atom. The summed E-state index contributed by atoms with van der Waals surface area (Å²) in [6, 6.07) is 0.522. The predicted molar refractivity (Wildman–Crippen MR) is 39.8 cm³/mol. The van der Waals surface area contributed by atoms with Crippen molar-refractivity contribution in [3.8, 4) is 0 Å². The van der Waals surface area contributed by atoms with Crippen LogP contribution >= 0.6 is 0 Å². The summed E-state index contributed by atoms with van der Waals surface area (Å²) in [4.78, 5) is 2.41. The van der Waals surface area contributed by atoms with E-state index in [-0.39, 0.29) is 6.10 Å². The first-order valence-electron chi connectivity index (χ1n) is 4.30. The van der Waals surface area contributed by atoms with Crippen molar-refractivity contribution in [1.82, 2.24) is 4.90 Å². The number of likely N-dealkylation sites (tertiary alicyclic amines) is 1. The topological polar surface area (TPSA) is 23.5 Å². The summed E-state index contributed by atoms with van der Waals surface area (Å²) in [7, 11) is 0. The molecule has 1 aliphatic heterocycles. The van der Waals surface area contributed by atoms with Crippen molar-refractivity contribution in [1.29, 1.82) is 0 Å². The van der Waals surface area contributed by atoms with Crippen molar-refractivity contribution < 1.29 is 5.11 Å². The molecule has 2 unspecified atom stereocenters. The molecule has 10 heavy (non-hydrogen) atoms. The SMILES string of the molecule is OC1CCCC1N1CCC1. The van der Waals surface area contributed by atoms with Gasteiger partial charge in [-0.3, -0.25) is 4.90 Å². The second kappa shape index (κ2) is 2.51. The lowest BCUT2D eigenvalue weighted by atomic mass is 10.1. The zero-order chi connectivity index (χ0) is 6.97. The minimum atomic E-state index is -0.0136. The molecule has 0 aromatic heterocycles. The molecule has 2 rings (SSSR count). The van der Waals surface area contributed by atoms with E-state index < -0.39 is 0 Å². The van der Waals surface area contributed by atoms with Crippen molar-refractivity contribution in [3.63, 3.8) is 0 Å². The van der Waals surface area contributed by atoms with Crippen LogP contribution in [-0.4, -0.2) is 35.2 Å². The Labute approximate surface area is 61.8 Å². The molecule has 0 amide bonds. The van der Waals surface area contributed by atoms with E-state index in [1.54, 1.807) is 0 Å². The summed E-state index contributed by atoms with van der Waals surface area (Å²) in [5.74, 6) is 0. The minimum Gasteiger partial charge on any atom is -0.391 e. The highest BCUT2D eigenvalue weighted by atomic mass is 16.3. The van der Waals surface area contributed by atoms with E-state index in [9.17, 15) is 5.11 Å². The van der Waals surface area contributed by atoms with Crippen LogP contribution < -0.4 is 0 Å². The molecular formula is C8H15NO. The van der Waals surface area contributed by atoms with Crippen molar-refractivity contribution >= 4 is 0 Å². The molecule has 1 saturated heterocycles. The number of aliphatic hydroxyl groups excluding tert-OH is 1. The number of nitrogens with zero attached hydrogens (tertiary/aromatic N) is 1. The summed E-state index contributed by atoms with van der Waals surface area (Å²) in [5.41, 5.74) is 0. The second-order valence-electron chi connectivity index (χ2n) is 3.46. The molecule has 1 heterocycles. The first-order valence-corrected chi connectivity index (χ1v) is 4.30. The quantitative estimate of drug-likeness (QED) is 0.578. The van der Waals surface area contributed by atoms with Crippen molar-refractivity contribution in [2.75, 3.05) is 13.1 Å². The van der Waals surface area contributed by atoms with Gasteiger partial charge in [0.25, 0.3) is 0 Å². The fourth-order valence-electron chi connectivity index (χ4n) is 2.02. The smallest absolute Gasteiger partial charge is 0.0695 e. The van der Waals surface area contributed by atoms with Crippen LogP contribution in [0.3, 0.4) is 0 Å². The minimum absolute atomic E-state index is 0.0136. The van der Waals surface area contributed by atoms with Gasteiger partial charge in [-0.15, -0.1) is 0 Å². The van der Waals surface area contributed by atoms with E-state index in [2.05, 4.69) is 4.90 Å². The second-order valence-corrected chi connectivity index (χ2v) is 3.46. The van der Waals surface area contributed by atoms with Gasteiger partial charge >= 0.3 is 0 Å². The molecule has 1 aliphatic carbocycles. The van der Waals surface area contributed by atoms with Gasteiger partial charge in [0.1, 0.15) is 0 Å². The maximum atomic E-state index is 9.48. The Kier molecular flexibility index (Phi) is 1.66. The van der Waals surface area contributed by atoms with Crippen LogP contribution in [0.1, 0.15) is 25.7 Å². The highest BCUT2D eigenvalue weighted by Gasteiger charge is 2.32. The average molecular weight is 141 g/mol. The lowest BCUT2D eigenvalue weighted by Crippen LogP contribution is -2.48. The lowest BCUT2D eigenvalue weighted by Gasteiger charge is -2.37. The van der Waals surface area contributed by atoms with Crippen LogP contribution in [-0.2, 0) is 0 Å². The van der Waals surface area contributed by atoms with E-state index in [0.717, 1.165) is 6.42 Å². The number of aliphatic hydroxyl groups is 1. The Balaban J connectivity index is 1.90. The van der Waals surface area contributed by atoms with Gasteiger partial charge in [0.2, 0.25) is 0 Å². The Morgan fingerprint density at radius 1 is 1.10 bits per heavy atom. The van der Waals surface area contributed by atoms with Crippen molar-refractivity contribution in [2.24, 2.45) is 0 Å². The zero-order valence-electron chi connectivity index (χ0n) is 6.29. The van der Waals surface area contributed by atoms with Gasteiger partial charge < -0.3 is 5.11 Å². The molecule has 1 saturated carbocycles. The molecule has 0 aromatic rings. The van der Waals surface area contributed by atoms with E-state index in [1.807, 2.05) is 0 Å². The molecule has 0 spiro atoms. The number of rotatable bonds is 1. The Bertz CT molecular complexity index is 122. The third-order valence-electron chi connectivity index (χ3n) is 2.80. The van der Waals surface area contributed by atoms with E-state index >= 15 is 0 Å². The lowest BCUT2D eigenvalue weighted by molar-refractivity contribution is 0.0346. The van der Waals surface area contributed by atoms with Crippen molar-refractivity contribution in [3.05, 3.63) is 0 Å². The number of hydrogen-bond donors (Lipinski definition) is 1. The predicted octanol–water partition coefficient (Wildman–Crippen LogP) is 0.605. The van der Waals surface area contributed by atoms with E-state index in [4.69, 9.17) is 0 Å². The fourth-order valence-corrected chi connectivity index (χ4v) is 2.02. The standard InChI is InChI=1S/C8H15NO/c10-8-4-1-3-7(8)9-5-2-6-9/h7-8,10H,1-6H2. The van der Waals surface area contributed by atoms with E-state index in [0.29, 0.717) is 6.04 Å². The third kappa shape index (κ3) is 0.956. The average Bonchev–Trinajstić information content (AvgIpc) is 2.12. The maximum Gasteiger partial charge on any atom is 0.0695 e. The van der Waals surface area contributed by atoms with Gasteiger partial charge in [0, 0.05) is 6.04 Å². The van der Waals surface area contributed by atoms with Gasteiger partial charge in [-0.2, -0.15) is 0 Å². The van der Waals surface area contributed by atoms with Crippen LogP contribution in [0, 0.1) is 0 Å². The first-order chi connectivity index (χ1) is 4.88. The van der Waals surface area contributed by atoms with Gasteiger partial charge in [-0.25, -0.2) is 0 Å². The van der Waals surface area contributed by atoms with Gasteiger partial charge in [-0.1, -0.05) is 0 Å². The molecule has 0 bridgehead atoms. The van der Waals surface area contributed by atoms with Crippen LogP contribution in [0.15, 0.2) is 0 Å². The Morgan fingerprint density at radius 2 is 1.90 bits per heavy atom. The van der Waals surface area contributed by atoms with Crippen LogP contribution in [0.5, 0.6) is 0 Å². The maximum absolute atomic E-state index is 9.48. The third-order valence-corrected chi connectivity index (χ3v) is 2.80. The molecule has 2 aliphatic rings. The molecule has 0 radical (unpaired) electrons. The normalized spacial score (nSPS) is 41.7. The van der Waals surface area contributed by atoms with Gasteiger partial charge in [-0.05, 0) is 38.8 Å². The first kappa shape index (κ1) is 6.62. The summed E-state index contributed by atoms with van der Waals surface area (Å²) in [5, 5.41) is 9.48. The summed E-state index contributed by atoms with van der Waals surface area (Å²) >= 11 is 0. The molecule has 58 valence electrons. The largest absolute Gasteiger partial charge is 0.391 e. The number of hydrogen-bond acceptors (Lipinski definition) is 2. The highest BCUT2D eigenvalue weighted by Crippen LogP contribution is 2.27. The molecule has 2 nitrogen and oxygen atoms in total. The molecule has 1 N–H and O–H groups in total. The molecule has 2 heteroatoms. The van der Waals surface area contributed by atoms with Gasteiger partial charge in [0.05, 0.1) is 6.10 Å². The van der Waals surface area contributed by atoms with Crippen LogP contribution in [0.25, 0.3) is 0 Å². The summed E-state index contributed by atoms with van der Waals surface area (Å²) in [6.07, 6.45) is 4.80. The molecule has 0 aromatic carbocycles.